The first-order valence-corrected chi connectivity index (χ1v) is 5.76. The summed E-state index contributed by atoms with van der Waals surface area (Å²) < 4.78 is 0. The molecule has 0 radical (unpaired) electrons. The van der Waals surface area contributed by atoms with Gasteiger partial charge in [-0.1, -0.05) is 13.3 Å². The highest BCUT2D eigenvalue weighted by Crippen LogP contribution is 2.10. The third kappa shape index (κ3) is 4.68. The van der Waals surface area contributed by atoms with Gasteiger partial charge >= 0.3 is 0 Å². The van der Waals surface area contributed by atoms with Gasteiger partial charge in [0.1, 0.15) is 5.75 Å². The van der Waals surface area contributed by atoms with E-state index in [0.29, 0.717) is 6.42 Å². The molecule has 4 nitrogen and oxygen atoms in total. The van der Waals surface area contributed by atoms with E-state index in [0.717, 1.165) is 24.1 Å². The zero-order valence-electron chi connectivity index (χ0n) is 10.2. The number of phenols is 1. The van der Waals surface area contributed by atoms with Crippen LogP contribution in [0.5, 0.6) is 5.75 Å². The fourth-order valence-corrected chi connectivity index (χ4v) is 1.31. The zero-order valence-corrected chi connectivity index (χ0v) is 10.2. The number of phenolic OH excluding ortho intramolecular Hbond substituents is 1. The molecule has 1 amide bonds. The summed E-state index contributed by atoms with van der Waals surface area (Å²) in [7, 11) is 0. The molecule has 2 N–H and O–H groups in total. The molecule has 0 aliphatic heterocycles. The van der Waals surface area contributed by atoms with Crippen LogP contribution < -0.4 is 5.43 Å². The van der Waals surface area contributed by atoms with Gasteiger partial charge in [0.2, 0.25) is 5.91 Å². The van der Waals surface area contributed by atoms with Crippen molar-refractivity contribution in [2.45, 2.75) is 33.1 Å². The average Bonchev–Trinajstić information content (AvgIpc) is 2.34. The normalized spacial score (nSPS) is 11.3. The molecule has 0 spiro atoms. The Kier molecular flexibility index (Phi) is 5.20. The third-order valence-electron chi connectivity index (χ3n) is 2.39. The molecule has 0 fully saturated rings. The van der Waals surface area contributed by atoms with Crippen molar-refractivity contribution in [2.75, 3.05) is 0 Å². The Labute approximate surface area is 101 Å². The van der Waals surface area contributed by atoms with Gasteiger partial charge in [0, 0.05) is 6.42 Å². The highest BCUT2D eigenvalue weighted by molar-refractivity contribution is 5.99. The topological polar surface area (TPSA) is 61.7 Å². The number of nitrogens with one attached hydrogen (secondary N) is 1. The minimum atomic E-state index is -0.0648. The number of carbonyl (C=O) groups is 1. The van der Waals surface area contributed by atoms with Crippen LogP contribution in [0.4, 0.5) is 0 Å². The Hall–Kier alpha value is -1.84. The minimum absolute atomic E-state index is 0.0648. The van der Waals surface area contributed by atoms with E-state index in [-0.39, 0.29) is 11.7 Å². The number of benzene rings is 1. The Bertz CT molecular complexity index is 396. The average molecular weight is 234 g/mol. The molecule has 0 atom stereocenters. The molecule has 0 aromatic heterocycles. The Morgan fingerprint density at radius 3 is 2.59 bits per heavy atom. The lowest BCUT2D eigenvalue weighted by Gasteiger charge is -2.02. The summed E-state index contributed by atoms with van der Waals surface area (Å²) in [6.07, 6.45) is 2.37. The summed E-state index contributed by atoms with van der Waals surface area (Å²) >= 11 is 0. The van der Waals surface area contributed by atoms with Crippen molar-refractivity contribution in [3.05, 3.63) is 29.8 Å². The Morgan fingerprint density at radius 2 is 2.00 bits per heavy atom. The Morgan fingerprint density at radius 1 is 1.35 bits per heavy atom. The van der Waals surface area contributed by atoms with E-state index in [1.165, 1.54) is 0 Å². The molecule has 0 bridgehead atoms. The molecule has 0 unspecified atom stereocenters. The maximum atomic E-state index is 11.3. The molecule has 1 aromatic rings. The predicted octanol–water partition coefficient (Wildman–Crippen LogP) is 2.42. The first-order valence-electron chi connectivity index (χ1n) is 5.76. The standard InChI is InChI=1S/C13H18N2O2/c1-3-4-5-13(17)15-14-10(2)11-6-8-12(16)9-7-11/h6-9,16H,3-5H2,1-2H3,(H,15,17)/b14-10+. The highest BCUT2D eigenvalue weighted by Gasteiger charge is 2.00. The zero-order chi connectivity index (χ0) is 12.7. The molecular formula is C13H18N2O2. The summed E-state index contributed by atoms with van der Waals surface area (Å²) in [6, 6.07) is 6.69. The van der Waals surface area contributed by atoms with Crippen LogP contribution in [0.25, 0.3) is 0 Å². The van der Waals surface area contributed by atoms with Gasteiger partial charge in [0.15, 0.2) is 0 Å². The molecule has 4 heteroatoms. The summed E-state index contributed by atoms with van der Waals surface area (Å²) in [5.41, 5.74) is 4.11. The Balaban J connectivity index is 2.54. The van der Waals surface area contributed by atoms with Crippen molar-refractivity contribution in [2.24, 2.45) is 5.10 Å². The second-order valence-electron chi connectivity index (χ2n) is 3.88. The molecular weight excluding hydrogens is 216 g/mol. The largest absolute Gasteiger partial charge is 0.508 e. The van der Waals surface area contributed by atoms with Crippen molar-refractivity contribution in [1.82, 2.24) is 5.43 Å². The number of unbranched alkanes of at least 4 members (excludes halogenated alkanes) is 1. The van der Waals surface area contributed by atoms with Gasteiger partial charge in [-0.25, -0.2) is 5.43 Å². The number of hydrogen-bond donors (Lipinski definition) is 2. The summed E-state index contributed by atoms with van der Waals surface area (Å²) in [5, 5.41) is 13.2. The van der Waals surface area contributed by atoms with Gasteiger partial charge < -0.3 is 5.11 Å². The number of rotatable bonds is 5. The second-order valence-corrected chi connectivity index (χ2v) is 3.88. The van der Waals surface area contributed by atoms with Crippen LogP contribution in [0, 0.1) is 0 Å². The van der Waals surface area contributed by atoms with E-state index < -0.39 is 0 Å². The molecule has 1 aromatic carbocycles. The van der Waals surface area contributed by atoms with E-state index in [2.05, 4.69) is 10.5 Å². The second kappa shape index (κ2) is 6.68. The van der Waals surface area contributed by atoms with Crippen LogP contribution in [0.2, 0.25) is 0 Å². The van der Waals surface area contributed by atoms with E-state index in [1.54, 1.807) is 24.3 Å². The molecule has 92 valence electrons. The van der Waals surface area contributed by atoms with E-state index in [1.807, 2.05) is 13.8 Å². The first kappa shape index (κ1) is 13.2. The van der Waals surface area contributed by atoms with Crippen molar-refractivity contribution in [1.29, 1.82) is 0 Å². The van der Waals surface area contributed by atoms with Crippen LogP contribution in [0.15, 0.2) is 29.4 Å². The van der Waals surface area contributed by atoms with Crippen LogP contribution in [-0.4, -0.2) is 16.7 Å². The van der Waals surface area contributed by atoms with Crippen LogP contribution in [0.3, 0.4) is 0 Å². The molecule has 1 rings (SSSR count). The lowest BCUT2D eigenvalue weighted by Crippen LogP contribution is -2.18. The number of carbonyl (C=O) groups excluding carboxylic acids is 1. The van der Waals surface area contributed by atoms with Crippen molar-refractivity contribution in [3.8, 4) is 5.75 Å². The molecule has 0 saturated carbocycles. The van der Waals surface area contributed by atoms with Crippen LogP contribution in [0.1, 0.15) is 38.7 Å². The van der Waals surface area contributed by atoms with Crippen molar-refractivity contribution >= 4 is 11.6 Å². The third-order valence-corrected chi connectivity index (χ3v) is 2.39. The smallest absolute Gasteiger partial charge is 0.240 e. The van der Waals surface area contributed by atoms with Gasteiger partial charge in [-0.15, -0.1) is 0 Å². The van der Waals surface area contributed by atoms with E-state index in [9.17, 15) is 4.79 Å². The van der Waals surface area contributed by atoms with Crippen LogP contribution >= 0.6 is 0 Å². The quantitative estimate of drug-likeness (QED) is 0.607. The maximum absolute atomic E-state index is 11.3. The lowest BCUT2D eigenvalue weighted by atomic mass is 10.1. The molecule has 0 saturated heterocycles. The SMILES string of the molecule is CCCCC(=O)N/N=C(\C)c1ccc(O)cc1. The number of aromatic hydroxyl groups is 1. The summed E-state index contributed by atoms with van der Waals surface area (Å²) in [5.74, 6) is 0.151. The maximum Gasteiger partial charge on any atom is 0.240 e. The molecule has 0 aliphatic carbocycles. The van der Waals surface area contributed by atoms with Crippen molar-refractivity contribution < 1.29 is 9.90 Å². The summed E-state index contributed by atoms with van der Waals surface area (Å²) in [6.45, 7) is 3.85. The molecule has 17 heavy (non-hydrogen) atoms. The highest BCUT2D eigenvalue weighted by atomic mass is 16.3. The molecule has 0 heterocycles. The number of nitrogens with zero attached hydrogens (tertiary/aromatic N) is 1. The van der Waals surface area contributed by atoms with Gasteiger partial charge in [0.25, 0.3) is 0 Å². The number of hydrazone groups is 1. The first-order chi connectivity index (χ1) is 8.13. The number of hydrogen-bond acceptors (Lipinski definition) is 3. The van der Waals surface area contributed by atoms with Gasteiger partial charge in [-0.05, 0) is 43.2 Å². The summed E-state index contributed by atoms with van der Waals surface area (Å²) in [4.78, 5) is 11.3. The van der Waals surface area contributed by atoms with Gasteiger partial charge in [-0.2, -0.15) is 5.10 Å². The van der Waals surface area contributed by atoms with E-state index >= 15 is 0 Å². The molecule has 0 aliphatic rings. The number of amides is 1. The monoisotopic (exact) mass is 234 g/mol. The van der Waals surface area contributed by atoms with E-state index in [4.69, 9.17) is 5.11 Å². The van der Waals surface area contributed by atoms with Crippen molar-refractivity contribution in [3.63, 3.8) is 0 Å². The van der Waals surface area contributed by atoms with Crippen LogP contribution in [-0.2, 0) is 4.79 Å². The fourth-order valence-electron chi connectivity index (χ4n) is 1.31. The minimum Gasteiger partial charge on any atom is -0.508 e. The van der Waals surface area contributed by atoms with Gasteiger partial charge in [0.05, 0.1) is 5.71 Å². The lowest BCUT2D eigenvalue weighted by molar-refractivity contribution is -0.121. The predicted molar refractivity (Wildman–Crippen MR) is 68.0 cm³/mol. The fraction of sp³-hybridized carbons (Fsp3) is 0.385. The van der Waals surface area contributed by atoms with Gasteiger partial charge in [-0.3, -0.25) is 4.79 Å².